The minimum Gasteiger partial charge on any atom is -0.463 e. The zero-order valence-corrected chi connectivity index (χ0v) is 24.8. The lowest BCUT2D eigenvalue weighted by Gasteiger charge is -2.25. The molecule has 6 rings (SSSR count). The summed E-state index contributed by atoms with van der Waals surface area (Å²) in [5.74, 6) is -0.565. The maximum absolute atomic E-state index is 14.1. The van der Waals surface area contributed by atoms with Gasteiger partial charge in [0.05, 0.1) is 38.3 Å². The van der Waals surface area contributed by atoms with Gasteiger partial charge >= 0.3 is 5.97 Å². The molecule has 0 aliphatic carbocycles. The fraction of sp³-hybridized carbons (Fsp3) is 0.0938. The molecule has 0 bridgehead atoms. The molecular formula is C32H23N5O5S2. The van der Waals surface area contributed by atoms with Gasteiger partial charge in [-0.1, -0.05) is 78.1 Å². The van der Waals surface area contributed by atoms with E-state index in [0.717, 1.165) is 23.1 Å². The Hall–Kier alpha value is -5.20. The number of nitro benzene ring substituents is 1. The Morgan fingerprint density at radius 2 is 1.75 bits per heavy atom. The lowest BCUT2D eigenvalue weighted by atomic mass is 9.93. The molecule has 5 aromatic rings. The third kappa shape index (κ3) is 5.72. The lowest BCUT2D eigenvalue weighted by molar-refractivity contribution is -0.387. The molecule has 44 heavy (non-hydrogen) atoms. The zero-order chi connectivity index (χ0) is 30.6. The molecule has 2 aromatic heterocycles. The number of carbonyl (C=O) groups is 1. The Bertz CT molecular complexity index is 2080. The number of esters is 1. The van der Waals surface area contributed by atoms with Gasteiger partial charge in [-0.3, -0.25) is 19.5 Å². The zero-order valence-electron chi connectivity index (χ0n) is 23.2. The van der Waals surface area contributed by atoms with E-state index < -0.39 is 16.9 Å². The smallest absolute Gasteiger partial charge is 0.338 e. The summed E-state index contributed by atoms with van der Waals surface area (Å²) in [6, 6.07) is 24.1. The molecule has 10 nitrogen and oxygen atoms in total. The summed E-state index contributed by atoms with van der Waals surface area (Å²) >= 11 is 2.23. The summed E-state index contributed by atoms with van der Waals surface area (Å²) in [5, 5.41) is 12.4. The van der Waals surface area contributed by atoms with E-state index in [0.29, 0.717) is 41.8 Å². The van der Waals surface area contributed by atoms with Gasteiger partial charge in [-0.2, -0.15) is 0 Å². The maximum atomic E-state index is 14.1. The van der Waals surface area contributed by atoms with Crippen LogP contribution < -0.4 is 14.9 Å². The summed E-state index contributed by atoms with van der Waals surface area (Å²) in [6.45, 7) is 1.88. The van der Waals surface area contributed by atoms with E-state index in [1.165, 1.54) is 10.6 Å². The Morgan fingerprint density at radius 3 is 2.43 bits per heavy atom. The second kappa shape index (κ2) is 12.6. The highest BCUT2D eigenvalue weighted by Gasteiger charge is 2.35. The van der Waals surface area contributed by atoms with E-state index >= 15 is 0 Å². The third-order valence-corrected chi connectivity index (χ3v) is 8.65. The molecule has 12 heteroatoms. The predicted molar refractivity (Wildman–Crippen MR) is 167 cm³/mol. The van der Waals surface area contributed by atoms with Crippen LogP contribution in [0.1, 0.15) is 29.7 Å². The number of nitro groups is 1. The molecule has 0 amide bonds. The number of nitrogens with zero attached hydrogens (tertiary/aromatic N) is 5. The molecule has 218 valence electrons. The highest BCUT2D eigenvalue weighted by molar-refractivity contribution is 7.99. The molecule has 0 saturated carbocycles. The van der Waals surface area contributed by atoms with E-state index in [-0.39, 0.29) is 23.4 Å². The van der Waals surface area contributed by atoms with Crippen LogP contribution in [0.2, 0.25) is 0 Å². The van der Waals surface area contributed by atoms with E-state index in [1.807, 2.05) is 60.7 Å². The standard InChI is InChI=1S/C32H23N5O5S2/c1-2-42-30(39)26-27(21-10-5-3-6-11-21)35-32-36(28(26)22-12-7-4-8-13-22)29(38)25(44-32)19-20-14-15-24(23(18-20)37(40)41)43-31-33-16-9-17-34-31/h3-19,28H,2H2,1H3/b25-19+/t28-/m0/s1. The van der Waals surface area contributed by atoms with E-state index in [2.05, 4.69) is 9.97 Å². The van der Waals surface area contributed by atoms with Crippen LogP contribution in [0, 0.1) is 10.1 Å². The molecule has 3 aromatic carbocycles. The number of thiazole rings is 1. The monoisotopic (exact) mass is 621 g/mol. The van der Waals surface area contributed by atoms with E-state index in [9.17, 15) is 19.7 Å². The normalized spacial score (nSPS) is 14.6. The number of carbonyl (C=O) groups excluding carboxylic acids is 1. The van der Waals surface area contributed by atoms with Gasteiger partial charge in [0.15, 0.2) is 9.96 Å². The first-order valence-corrected chi connectivity index (χ1v) is 15.1. The molecule has 0 unspecified atom stereocenters. The minimum atomic E-state index is -0.803. The van der Waals surface area contributed by atoms with Crippen LogP contribution in [0.3, 0.4) is 0 Å². The van der Waals surface area contributed by atoms with Crippen molar-refractivity contribution in [2.45, 2.75) is 23.0 Å². The number of benzene rings is 3. The highest BCUT2D eigenvalue weighted by atomic mass is 32.2. The van der Waals surface area contributed by atoms with Gasteiger partial charge in [0.2, 0.25) is 0 Å². The molecule has 1 aliphatic rings. The largest absolute Gasteiger partial charge is 0.463 e. The van der Waals surface area contributed by atoms with Crippen molar-refractivity contribution in [3.63, 3.8) is 0 Å². The van der Waals surface area contributed by atoms with Crippen LogP contribution in [0.5, 0.6) is 0 Å². The third-order valence-electron chi connectivity index (χ3n) is 6.71. The first-order valence-electron chi connectivity index (χ1n) is 13.5. The average Bonchev–Trinajstić information content (AvgIpc) is 3.36. The molecule has 1 aliphatic heterocycles. The Morgan fingerprint density at radius 1 is 1.05 bits per heavy atom. The molecular weight excluding hydrogens is 599 g/mol. The van der Waals surface area contributed by atoms with Crippen molar-refractivity contribution in [3.05, 3.63) is 149 Å². The van der Waals surface area contributed by atoms with Gasteiger partial charge in [0.25, 0.3) is 11.2 Å². The second-order valence-electron chi connectivity index (χ2n) is 9.46. The van der Waals surface area contributed by atoms with Crippen LogP contribution in [-0.4, -0.2) is 32.0 Å². The van der Waals surface area contributed by atoms with E-state index in [4.69, 9.17) is 9.73 Å². The van der Waals surface area contributed by atoms with Gasteiger partial charge in [-0.15, -0.1) is 0 Å². The summed E-state index contributed by atoms with van der Waals surface area (Å²) in [7, 11) is 0. The van der Waals surface area contributed by atoms with Crippen molar-refractivity contribution in [2.75, 3.05) is 6.61 Å². The fourth-order valence-electron chi connectivity index (χ4n) is 4.83. The molecule has 0 N–H and O–H groups in total. The Balaban J connectivity index is 1.53. The van der Waals surface area contributed by atoms with Crippen molar-refractivity contribution < 1.29 is 14.5 Å². The van der Waals surface area contributed by atoms with E-state index in [1.54, 1.807) is 43.6 Å². The molecule has 0 radical (unpaired) electrons. The number of rotatable bonds is 8. The Labute approximate surface area is 258 Å². The second-order valence-corrected chi connectivity index (χ2v) is 11.5. The fourth-order valence-corrected chi connectivity index (χ4v) is 6.63. The molecule has 0 saturated heterocycles. The summed E-state index contributed by atoms with van der Waals surface area (Å²) in [6.07, 6.45) is 4.73. The van der Waals surface area contributed by atoms with Crippen LogP contribution in [0.25, 0.3) is 11.8 Å². The topological polar surface area (TPSA) is 130 Å². The molecule has 0 fully saturated rings. The first-order chi connectivity index (χ1) is 21.4. The molecule has 3 heterocycles. The number of fused-ring (bicyclic) bond motifs is 1. The average molecular weight is 622 g/mol. The number of hydrogen-bond acceptors (Lipinski definition) is 10. The van der Waals surface area contributed by atoms with Gasteiger partial charge < -0.3 is 4.74 Å². The van der Waals surface area contributed by atoms with Crippen LogP contribution in [0.4, 0.5) is 5.69 Å². The van der Waals surface area contributed by atoms with Gasteiger partial charge in [0.1, 0.15) is 0 Å². The van der Waals surface area contributed by atoms with Crippen molar-refractivity contribution in [3.8, 4) is 0 Å². The van der Waals surface area contributed by atoms with Crippen molar-refractivity contribution >= 4 is 46.5 Å². The Kier molecular flexibility index (Phi) is 8.26. The van der Waals surface area contributed by atoms with Gasteiger partial charge in [-0.05, 0) is 48.0 Å². The summed E-state index contributed by atoms with van der Waals surface area (Å²) in [4.78, 5) is 52.9. The number of hydrogen-bond donors (Lipinski definition) is 0. The molecule has 0 spiro atoms. The van der Waals surface area contributed by atoms with Crippen LogP contribution in [-0.2, 0) is 9.53 Å². The maximum Gasteiger partial charge on any atom is 0.338 e. The van der Waals surface area contributed by atoms with Crippen LogP contribution in [0.15, 0.2) is 123 Å². The van der Waals surface area contributed by atoms with Gasteiger partial charge in [0, 0.05) is 24.0 Å². The first kappa shape index (κ1) is 28.9. The van der Waals surface area contributed by atoms with Crippen molar-refractivity contribution in [2.24, 2.45) is 4.99 Å². The minimum absolute atomic E-state index is 0.137. The number of aromatic nitrogens is 3. The highest BCUT2D eigenvalue weighted by Crippen LogP contribution is 2.36. The van der Waals surface area contributed by atoms with Crippen LogP contribution >= 0.6 is 23.1 Å². The SMILES string of the molecule is CCOC(=O)C1=C(c2ccccc2)N=c2s/c(=C/c3ccc(Sc4ncccn4)c([N+](=O)[O-])c3)c(=O)n2[C@H]1c1ccccc1. The van der Waals surface area contributed by atoms with Gasteiger partial charge in [-0.25, -0.2) is 19.8 Å². The summed E-state index contributed by atoms with van der Waals surface area (Å²) < 4.78 is 7.28. The lowest BCUT2D eigenvalue weighted by Crippen LogP contribution is -2.39. The van der Waals surface area contributed by atoms with Crippen molar-refractivity contribution in [1.29, 1.82) is 0 Å². The molecule has 1 atom stereocenters. The van der Waals surface area contributed by atoms with Crippen molar-refractivity contribution in [1.82, 2.24) is 14.5 Å². The summed E-state index contributed by atoms with van der Waals surface area (Å²) in [5.41, 5.74) is 2.04. The predicted octanol–water partition coefficient (Wildman–Crippen LogP) is 4.79. The quantitative estimate of drug-likeness (QED) is 0.105. The number of ether oxygens (including phenoxy) is 1.